The summed E-state index contributed by atoms with van der Waals surface area (Å²) in [6.45, 7) is 4.83. The van der Waals surface area contributed by atoms with Gasteiger partial charge in [0.25, 0.3) is 0 Å². The van der Waals surface area contributed by atoms with Gasteiger partial charge in [-0.15, -0.1) is 0 Å². The summed E-state index contributed by atoms with van der Waals surface area (Å²) in [5, 5.41) is 6.32. The first-order valence-corrected chi connectivity index (χ1v) is 9.16. The number of carbonyl (C=O) groups is 2. The summed E-state index contributed by atoms with van der Waals surface area (Å²) >= 11 is 5.81. The van der Waals surface area contributed by atoms with Crippen molar-refractivity contribution in [3.8, 4) is 0 Å². The predicted octanol–water partition coefficient (Wildman–Crippen LogP) is 2.46. The Morgan fingerprint density at radius 3 is 2.64 bits per heavy atom. The predicted molar refractivity (Wildman–Crippen MR) is 100 cm³/mol. The topological polar surface area (TPSA) is 82.3 Å². The molecular formula is C18H27ClN4O2. The van der Waals surface area contributed by atoms with Gasteiger partial charge in [0.05, 0.1) is 0 Å². The molecule has 2 amide bonds. The molecule has 0 radical (unpaired) electrons. The molecule has 2 unspecified atom stereocenters. The fraction of sp³-hybridized carbons (Fsp3) is 0.556. The molecule has 2 atom stereocenters. The molecule has 2 rings (SSSR count). The van der Waals surface area contributed by atoms with Gasteiger partial charge >= 0.3 is 0 Å². The van der Waals surface area contributed by atoms with Crippen molar-refractivity contribution in [2.24, 2.45) is 5.92 Å². The van der Waals surface area contributed by atoms with E-state index in [1.165, 1.54) is 0 Å². The lowest BCUT2D eigenvalue weighted by molar-refractivity contribution is -0.123. The zero-order valence-corrected chi connectivity index (χ0v) is 15.5. The smallest absolute Gasteiger partial charge is 0.238 e. The molecule has 1 aliphatic rings. The van der Waals surface area contributed by atoms with Gasteiger partial charge in [0.1, 0.15) is 6.04 Å². The SMILES string of the molecule is CC(C)CC1CC(C(=O)NCCCC(=O)Nc2ccc(Cl)cc2)NN1. The van der Waals surface area contributed by atoms with Crippen LogP contribution in [0.1, 0.15) is 39.5 Å². The molecule has 4 N–H and O–H groups in total. The van der Waals surface area contributed by atoms with E-state index >= 15 is 0 Å². The highest BCUT2D eigenvalue weighted by Gasteiger charge is 2.29. The number of carbonyl (C=O) groups excluding carboxylic acids is 2. The first-order chi connectivity index (χ1) is 11.9. The quantitative estimate of drug-likeness (QED) is 0.533. The Labute approximate surface area is 154 Å². The lowest BCUT2D eigenvalue weighted by atomic mass is 10.00. The average molecular weight is 367 g/mol. The van der Waals surface area contributed by atoms with Crippen LogP contribution in [0.3, 0.4) is 0 Å². The van der Waals surface area contributed by atoms with Crippen molar-refractivity contribution < 1.29 is 9.59 Å². The van der Waals surface area contributed by atoms with Gasteiger partial charge in [-0.3, -0.25) is 15.0 Å². The zero-order chi connectivity index (χ0) is 18.2. The van der Waals surface area contributed by atoms with E-state index in [4.69, 9.17) is 11.6 Å². The zero-order valence-electron chi connectivity index (χ0n) is 14.8. The number of benzene rings is 1. The molecule has 0 saturated carbocycles. The highest BCUT2D eigenvalue weighted by Crippen LogP contribution is 2.14. The highest BCUT2D eigenvalue weighted by atomic mass is 35.5. The summed E-state index contributed by atoms with van der Waals surface area (Å²) in [7, 11) is 0. The third-order valence-corrected chi connectivity index (χ3v) is 4.31. The number of hydrogen-bond donors (Lipinski definition) is 4. The minimum absolute atomic E-state index is 0.0168. The van der Waals surface area contributed by atoms with Crippen LogP contribution in [0.2, 0.25) is 5.02 Å². The van der Waals surface area contributed by atoms with Gasteiger partial charge in [-0.25, -0.2) is 5.43 Å². The summed E-state index contributed by atoms with van der Waals surface area (Å²) in [6.07, 6.45) is 2.79. The molecule has 1 saturated heterocycles. The van der Waals surface area contributed by atoms with Crippen molar-refractivity contribution in [3.05, 3.63) is 29.3 Å². The standard InChI is InChI=1S/C18H27ClN4O2/c1-12(2)10-15-11-16(23-22-15)18(25)20-9-3-4-17(24)21-14-7-5-13(19)6-8-14/h5-8,12,15-16,22-23H,3-4,9-11H2,1-2H3,(H,20,25)(H,21,24). The average Bonchev–Trinajstić information content (AvgIpc) is 3.01. The Balaban J connectivity index is 1.60. The molecule has 0 spiro atoms. The molecule has 0 bridgehead atoms. The first kappa shape index (κ1) is 19.7. The molecule has 25 heavy (non-hydrogen) atoms. The van der Waals surface area contributed by atoms with Crippen molar-refractivity contribution in [3.63, 3.8) is 0 Å². The lowest BCUT2D eigenvalue weighted by Gasteiger charge is -2.12. The van der Waals surface area contributed by atoms with Crippen LogP contribution in [0.4, 0.5) is 5.69 Å². The van der Waals surface area contributed by atoms with Crippen molar-refractivity contribution in [1.29, 1.82) is 0 Å². The van der Waals surface area contributed by atoms with E-state index in [0.29, 0.717) is 36.4 Å². The van der Waals surface area contributed by atoms with Crippen molar-refractivity contribution >= 4 is 29.1 Å². The van der Waals surface area contributed by atoms with Gasteiger partial charge in [0, 0.05) is 29.7 Å². The first-order valence-electron chi connectivity index (χ1n) is 8.78. The summed E-state index contributed by atoms with van der Waals surface area (Å²) in [6, 6.07) is 7.11. The van der Waals surface area contributed by atoms with Gasteiger partial charge in [-0.05, 0) is 49.4 Å². The number of anilines is 1. The number of hydrogen-bond acceptors (Lipinski definition) is 4. The van der Waals surface area contributed by atoms with Crippen LogP contribution in [0.25, 0.3) is 0 Å². The van der Waals surface area contributed by atoms with Crippen LogP contribution in [0.15, 0.2) is 24.3 Å². The Kier molecular flexibility index (Phi) is 7.68. The lowest BCUT2D eigenvalue weighted by Crippen LogP contribution is -2.43. The normalized spacial score (nSPS) is 19.8. The molecule has 0 aromatic heterocycles. The van der Waals surface area contributed by atoms with Gasteiger partial charge in [0.2, 0.25) is 11.8 Å². The minimum Gasteiger partial charge on any atom is -0.355 e. The van der Waals surface area contributed by atoms with Crippen LogP contribution in [0.5, 0.6) is 0 Å². The van der Waals surface area contributed by atoms with E-state index in [0.717, 1.165) is 18.5 Å². The number of amides is 2. The molecule has 138 valence electrons. The maximum atomic E-state index is 12.1. The monoisotopic (exact) mass is 366 g/mol. The third kappa shape index (κ3) is 7.02. The van der Waals surface area contributed by atoms with Crippen molar-refractivity contribution in [1.82, 2.24) is 16.2 Å². The Bertz CT molecular complexity index is 577. The third-order valence-electron chi connectivity index (χ3n) is 4.06. The van der Waals surface area contributed by atoms with Gasteiger partial charge in [-0.2, -0.15) is 0 Å². The molecule has 6 nitrogen and oxygen atoms in total. The second-order valence-electron chi connectivity index (χ2n) is 6.85. The van der Waals surface area contributed by atoms with Crippen LogP contribution >= 0.6 is 11.6 Å². The van der Waals surface area contributed by atoms with Gasteiger partial charge < -0.3 is 10.6 Å². The Morgan fingerprint density at radius 1 is 1.24 bits per heavy atom. The van der Waals surface area contributed by atoms with Crippen LogP contribution in [-0.2, 0) is 9.59 Å². The molecular weight excluding hydrogens is 340 g/mol. The van der Waals surface area contributed by atoms with Gasteiger partial charge in [0.15, 0.2) is 0 Å². The van der Waals surface area contributed by atoms with Crippen molar-refractivity contribution in [2.75, 3.05) is 11.9 Å². The van der Waals surface area contributed by atoms with E-state index in [-0.39, 0.29) is 17.9 Å². The van der Waals surface area contributed by atoms with Gasteiger partial charge in [-0.1, -0.05) is 25.4 Å². The Hall–Kier alpha value is -1.63. The summed E-state index contributed by atoms with van der Waals surface area (Å²) in [5.41, 5.74) is 6.94. The molecule has 0 aliphatic carbocycles. The molecule has 7 heteroatoms. The van der Waals surface area contributed by atoms with Crippen LogP contribution in [0, 0.1) is 5.92 Å². The second-order valence-corrected chi connectivity index (χ2v) is 7.29. The highest BCUT2D eigenvalue weighted by molar-refractivity contribution is 6.30. The van der Waals surface area contributed by atoms with Crippen LogP contribution in [-0.4, -0.2) is 30.4 Å². The number of rotatable bonds is 8. The second kappa shape index (κ2) is 9.75. The van der Waals surface area contributed by atoms with Crippen LogP contribution < -0.4 is 21.5 Å². The molecule has 1 aromatic carbocycles. The molecule has 1 aromatic rings. The maximum Gasteiger partial charge on any atom is 0.238 e. The molecule has 1 fully saturated rings. The number of nitrogens with one attached hydrogen (secondary N) is 4. The minimum atomic E-state index is -0.202. The van der Waals surface area contributed by atoms with E-state index in [1.807, 2.05) is 0 Å². The van der Waals surface area contributed by atoms with E-state index in [2.05, 4.69) is 35.3 Å². The number of halogens is 1. The van der Waals surface area contributed by atoms with E-state index in [1.54, 1.807) is 24.3 Å². The maximum absolute atomic E-state index is 12.1. The summed E-state index contributed by atoms with van der Waals surface area (Å²) in [4.78, 5) is 24.0. The largest absolute Gasteiger partial charge is 0.355 e. The van der Waals surface area contributed by atoms with E-state index < -0.39 is 0 Å². The molecule has 1 aliphatic heterocycles. The number of hydrazine groups is 1. The summed E-state index contributed by atoms with van der Waals surface area (Å²) in [5.74, 6) is 0.506. The van der Waals surface area contributed by atoms with Crippen molar-refractivity contribution in [2.45, 2.75) is 51.6 Å². The van der Waals surface area contributed by atoms with E-state index in [9.17, 15) is 9.59 Å². The Morgan fingerprint density at radius 2 is 1.96 bits per heavy atom. The fourth-order valence-electron chi connectivity index (χ4n) is 2.86. The summed E-state index contributed by atoms with van der Waals surface area (Å²) < 4.78 is 0. The molecule has 1 heterocycles. The fourth-order valence-corrected chi connectivity index (χ4v) is 2.98.